The van der Waals surface area contributed by atoms with Gasteiger partial charge in [0.1, 0.15) is 25.6 Å². The zero-order chi connectivity index (χ0) is 22.2. The predicted molar refractivity (Wildman–Crippen MR) is 125 cm³/mol. The van der Waals surface area contributed by atoms with Gasteiger partial charge in [-0.2, -0.15) is 0 Å². The number of thiophene rings is 1. The minimum absolute atomic E-state index is 0.159. The molecular weight excluding hydrogens is 426 g/mol. The monoisotopic (exact) mass is 447 g/mol. The van der Waals surface area contributed by atoms with Gasteiger partial charge in [-0.05, 0) is 40.6 Å². The lowest BCUT2D eigenvalue weighted by atomic mass is 10.1. The molecule has 0 bridgehead atoms. The SMILES string of the molecule is O=C(O)/C(=N\OCc1ccccc1)c1ccc(OCCOc2ccc3ccccc3c2)s1. The van der Waals surface area contributed by atoms with Gasteiger partial charge >= 0.3 is 5.97 Å². The number of benzene rings is 3. The topological polar surface area (TPSA) is 77.4 Å². The smallest absolute Gasteiger partial charge is 0.359 e. The molecule has 32 heavy (non-hydrogen) atoms. The number of hydrogen-bond donors (Lipinski definition) is 1. The van der Waals surface area contributed by atoms with Gasteiger partial charge in [0.15, 0.2) is 5.06 Å². The van der Waals surface area contributed by atoms with E-state index in [2.05, 4.69) is 11.2 Å². The van der Waals surface area contributed by atoms with Crippen LogP contribution in [0, 0.1) is 0 Å². The van der Waals surface area contributed by atoms with Gasteiger partial charge in [0.25, 0.3) is 0 Å². The average molecular weight is 448 g/mol. The highest BCUT2D eigenvalue weighted by Gasteiger charge is 2.17. The summed E-state index contributed by atoms with van der Waals surface area (Å²) in [6, 6.07) is 26.8. The summed E-state index contributed by atoms with van der Waals surface area (Å²) < 4.78 is 11.5. The molecule has 3 aromatic carbocycles. The molecule has 4 rings (SSSR count). The molecule has 0 radical (unpaired) electrons. The van der Waals surface area contributed by atoms with Crippen molar-refractivity contribution in [1.29, 1.82) is 0 Å². The second-order valence-corrected chi connectivity index (χ2v) is 7.87. The summed E-state index contributed by atoms with van der Waals surface area (Å²) in [6.45, 7) is 0.890. The molecule has 6 nitrogen and oxygen atoms in total. The van der Waals surface area contributed by atoms with Crippen molar-refractivity contribution in [3.63, 3.8) is 0 Å². The minimum Gasteiger partial charge on any atom is -0.490 e. The van der Waals surface area contributed by atoms with Crippen LogP contribution in [0.1, 0.15) is 10.4 Å². The zero-order valence-electron chi connectivity index (χ0n) is 17.1. The number of ether oxygens (including phenoxy) is 2. The fourth-order valence-corrected chi connectivity index (χ4v) is 3.87. The summed E-state index contributed by atoms with van der Waals surface area (Å²) >= 11 is 1.19. The van der Waals surface area contributed by atoms with E-state index in [0.29, 0.717) is 23.2 Å². The third kappa shape index (κ3) is 5.65. The summed E-state index contributed by atoms with van der Waals surface area (Å²) in [5.74, 6) is -0.388. The van der Waals surface area contributed by atoms with Crippen molar-refractivity contribution in [2.45, 2.75) is 6.61 Å². The molecule has 1 N–H and O–H groups in total. The van der Waals surface area contributed by atoms with Crippen molar-refractivity contribution < 1.29 is 24.2 Å². The molecule has 0 atom stereocenters. The third-order valence-corrected chi connectivity index (χ3v) is 5.57. The normalized spacial score (nSPS) is 11.3. The third-order valence-electron chi connectivity index (χ3n) is 4.56. The number of carbonyl (C=O) groups is 1. The second-order valence-electron chi connectivity index (χ2n) is 6.83. The van der Waals surface area contributed by atoms with Crippen molar-refractivity contribution >= 4 is 33.8 Å². The Labute approximate surface area is 189 Å². The van der Waals surface area contributed by atoms with E-state index in [0.717, 1.165) is 22.1 Å². The Kier molecular flexibility index (Phi) is 6.99. The quantitative estimate of drug-likeness (QED) is 0.201. The Morgan fingerprint density at radius 2 is 1.59 bits per heavy atom. The van der Waals surface area contributed by atoms with Gasteiger partial charge < -0.3 is 19.4 Å². The number of aliphatic carboxylic acids is 1. The van der Waals surface area contributed by atoms with Gasteiger partial charge in [-0.15, -0.1) is 0 Å². The van der Waals surface area contributed by atoms with Crippen molar-refractivity contribution in [1.82, 2.24) is 0 Å². The number of fused-ring (bicyclic) bond motifs is 1. The predicted octanol–water partition coefficient (Wildman–Crippen LogP) is 5.36. The molecule has 0 saturated carbocycles. The van der Waals surface area contributed by atoms with E-state index in [-0.39, 0.29) is 12.3 Å². The van der Waals surface area contributed by atoms with Gasteiger partial charge in [-0.1, -0.05) is 77.2 Å². The maximum Gasteiger partial charge on any atom is 0.359 e. The van der Waals surface area contributed by atoms with Gasteiger partial charge in [0, 0.05) is 0 Å². The van der Waals surface area contributed by atoms with E-state index >= 15 is 0 Å². The lowest BCUT2D eigenvalue weighted by Crippen LogP contribution is -2.13. The lowest BCUT2D eigenvalue weighted by molar-refractivity contribution is -0.129. The number of nitrogens with zero attached hydrogens (tertiary/aromatic N) is 1. The molecule has 0 aliphatic heterocycles. The van der Waals surface area contributed by atoms with Crippen LogP contribution in [0.5, 0.6) is 10.8 Å². The van der Waals surface area contributed by atoms with E-state index in [1.807, 2.05) is 66.7 Å². The molecule has 1 aromatic heterocycles. The molecule has 0 saturated heterocycles. The van der Waals surface area contributed by atoms with Crippen LogP contribution < -0.4 is 9.47 Å². The Balaban J connectivity index is 1.29. The molecule has 4 aromatic rings. The summed E-state index contributed by atoms with van der Waals surface area (Å²) in [7, 11) is 0. The van der Waals surface area contributed by atoms with E-state index in [9.17, 15) is 9.90 Å². The molecule has 0 aliphatic carbocycles. The fourth-order valence-electron chi connectivity index (χ4n) is 3.02. The number of hydrogen-bond acceptors (Lipinski definition) is 6. The fraction of sp³-hybridized carbons (Fsp3) is 0.120. The molecule has 0 unspecified atom stereocenters. The second kappa shape index (κ2) is 10.5. The lowest BCUT2D eigenvalue weighted by Gasteiger charge is -2.08. The Morgan fingerprint density at radius 3 is 2.41 bits per heavy atom. The summed E-state index contributed by atoms with van der Waals surface area (Å²) in [4.78, 5) is 17.3. The molecule has 7 heteroatoms. The molecule has 0 fully saturated rings. The Bertz CT molecular complexity index is 1220. The van der Waals surface area contributed by atoms with Crippen molar-refractivity contribution in [3.05, 3.63) is 95.4 Å². The highest BCUT2D eigenvalue weighted by molar-refractivity contribution is 7.16. The van der Waals surface area contributed by atoms with Crippen molar-refractivity contribution in [2.75, 3.05) is 13.2 Å². The maximum absolute atomic E-state index is 11.6. The molecule has 162 valence electrons. The highest BCUT2D eigenvalue weighted by Crippen LogP contribution is 2.26. The van der Waals surface area contributed by atoms with Crippen LogP contribution in [0.15, 0.2) is 90.1 Å². The summed E-state index contributed by atoms with van der Waals surface area (Å²) in [5, 5.41) is 16.1. The van der Waals surface area contributed by atoms with Gasteiger partial charge in [0.2, 0.25) is 5.71 Å². The van der Waals surface area contributed by atoms with Crippen LogP contribution in [-0.4, -0.2) is 30.0 Å². The first-order valence-electron chi connectivity index (χ1n) is 10.0. The van der Waals surface area contributed by atoms with Crippen molar-refractivity contribution in [3.8, 4) is 10.8 Å². The van der Waals surface area contributed by atoms with Gasteiger partial charge in [-0.25, -0.2) is 4.79 Å². The molecule has 0 spiro atoms. The van der Waals surface area contributed by atoms with Gasteiger partial charge in [0.05, 0.1) is 4.88 Å². The minimum atomic E-state index is -1.16. The zero-order valence-corrected chi connectivity index (χ0v) is 18.0. The molecule has 0 aliphatic rings. The van der Waals surface area contributed by atoms with E-state index in [4.69, 9.17) is 14.3 Å². The van der Waals surface area contributed by atoms with E-state index < -0.39 is 5.97 Å². The first kappa shape index (κ1) is 21.4. The first-order valence-corrected chi connectivity index (χ1v) is 10.8. The standard InChI is InChI=1S/C25H21NO5S/c27-25(28)24(26-31-17-18-6-2-1-3-7-18)22-12-13-23(32-22)30-15-14-29-21-11-10-19-8-4-5-9-20(19)16-21/h1-13,16H,14-15,17H2,(H,27,28)/b26-24-. The van der Waals surface area contributed by atoms with Gasteiger partial charge in [-0.3, -0.25) is 0 Å². The van der Waals surface area contributed by atoms with Crippen molar-refractivity contribution in [2.24, 2.45) is 5.16 Å². The molecule has 0 amide bonds. The maximum atomic E-state index is 11.6. The summed E-state index contributed by atoms with van der Waals surface area (Å²) in [6.07, 6.45) is 0. The first-order chi connectivity index (χ1) is 15.7. The van der Waals surface area contributed by atoms with E-state index in [1.165, 1.54) is 11.3 Å². The number of rotatable bonds is 10. The molecule has 1 heterocycles. The van der Waals surface area contributed by atoms with Crippen LogP contribution in [0.4, 0.5) is 0 Å². The largest absolute Gasteiger partial charge is 0.490 e. The Hall–Kier alpha value is -3.84. The van der Waals surface area contributed by atoms with E-state index in [1.54, 1.807) is 12.1 Å². The summed E-state index contributed by atoms with van der Waals surface area (Å²) in [5.41, 5.74) is 0.746. The number of carboxylic acids is 1. The van der Waals surface area contributed by atoms with Crippen LogP contribution in [0.2, 0.25) is 0 Å². The van der Waals surface area contributed by atoms with Crippen LogP contribution in [0.25, 0.3) is 10.8 Å². The Morgan fingerprint density at radius 1 is 0.844 bits per heavy atom. The van der Waals surface area contributed by atoms with Crippen LogP contribution >= 0.6 is 11.3 Å². The van der Waals surface area contributed by atoms with Crippen LogP contribution in [-0.2, 0) is 16.2 Å². The number of carboxylic acid groups (broad SMARTS) is 1. The molecular formula is C25H21NO5S. The van der Waals surface area contributed by atoms with Crippen LogP contribution in [0.3, 0.4) is 0 Å². The highest BCUT2D eigenvalue weighted by atomic mass is 32.1. The average Bonchev–Trinajstić information content (AvgIpc) is 3.28. The number of oxime groups is 1.